The summed E-state index contributed by atoms with van der Waals surface area (Å²) >= 11 is 0. The SMILES string of the molecule is COC(=O)c1cccc(CN2CC[C@H](N)C2)c1.Cl. The summed E-state index contributed by atoms with van der Waals surface area (Å²) in [6.07, 6.45) is 1.05. The first-order chi connectivity index (χ1) is 8.19. The second-order valence-electron chi connectivity index (χ2n) is 4.48. The number of nitrogens with two attached hydrogens (primary N) is 1. The van der Waals surface area contributed by atoms with Gasteiger partial charge in [-0.05, 0) is 24.1 Å². The Hall–Kier alpha value is -1.10. The van der Waals surface area contributed by atoms with Gasteiger partial charge in [0, 0.05) is 25.7 Å². The van der Waals surface area contributed by atoms with Crippen molar-refractivity contribution in [2.75, 3.05) is 20.2 Å². The number of carbonyl (C=O) groups excluding carboxylic acids is 1. The van der Waals surface area contributed by atoms with E-state index in [-0.39, 0.29) is 18.4 Å². The number of likely N-dealkylation sites (tertiary alicyclic amines) is 1. The van der Waals surface area contributed by atoms with Gasteiger partial charge in [-0.1, -0.05) is 12.1 Å². The van der Waals surface area contributed by atoms with Crippen LogP contribution in [0.3, 0.4) is 0 Å². The summed E-state index contributed by atoms with van der Waals surface area (Å²) in [6.45, 7) is 2.81. The zero-order chi connectivity index (χ0) is 12.3. The molecule has 0 unspecified atom stereocenters. The van der Waals surface area contributed by atoms with Gasteiger partial charge in [-0.25, -0.2) is 4.79 Å². The molecule has 0 amide bonds. The topological polar surface area (TPSA) is 55.6 Å². The Labute approximate surface area is 114 Å². The Kier molecular flexibility index (Phi) is 5.59. The summed E-state index contributed by atoms with van der Waals surface area (Å²) in [6, 6.07) is 7.85. The summed E-state index contributed by atoms with van der Waals surface area (Å²) in [4.78, 5) is 13.7. The summed E-state index contributed by atoms with van der Waals surface area (Å²) < 4.78 is 4.71. The van der Waals surface area contributed by atoms with Crippen molar-refractivity contribution in [2.45, 2.75) is 19.0 Å². The molecule has 5 heteroatoms. The Balaban J connectivity index is 0.00000162. The number of methoxy groups -OCH3 is 1. The molecule has 0 aliphatic carbocycles. The van der Waals surface area contributed by atoms with Crippen molar-refractivity contribution in [1.82, 2.24) is 4.90 Å². The minimum Gasteiger partial charge on any atom is -0.465 e. The molecule has 2 rings (SSSR count). The van der Waals surface area contributed by atoms with Gasteiger partial charge < -0.3 is 10.5 Å². The smallest absolute Gasteiger partial charge is 0.337 e. The van der Waals surface area contributed by atoms with E-state index in [2.05, 4.69) is 4.90 Å². The van der Waals surface area contributed by atoms with Crippen LogP contribution in [-0.2, 0) is 11.3 Å². The van der Waals surface area contributed by atoms with Crippen molar-refractivity contribution >= 4 is 18.4 Å². The second kappa shape index (κ2) is 6.73. The van der Waals surface area contributed by atoms with Crippen LogP contribution in [0, 0.1) is 0 Å². The van der Waals surface area contributed by atoms with Crippen molar-refractivity contribution in [2.24, 2.45) is 5.73 Å². The Morgan fingerprint density at radius 1 is 1.56 bits per heavy atom. The molecule has 2 N–H and O–H groups in total. The lowest BCUT2D eigenvalue weighted by Gasteiger charge is -2.15. The van der Waals surface area contributed by atoms with E-state index in [1.54, 1.807) is 6.07 Å². The van der Waals surface area contributed by atoms with Crippen LogP contribution in [0.4, 0.5) is 0 Å². The van der Waals surface area contributed by atoms with Gasteiger partial charge in [0.05, 0.1) is 12.7 Å². The number of nitrogens with zero attached hydrogens (tertiary/aromatic N) is 1. The molecule has 1 heterocycles. The molecule has 0 spiro atoms. The highest BCUT2D eigenvalue weighted by Gasteiger charge is 2.19. The average molecular weight is 271 g/mol. The Bertz CT molecular complexity index is 412. The van der Waals surface area contributed by atoms with Crippen LogP contribution in [0.25, 0.3) is 0 Å². The molecule has 0 saturated carbocycles. The van der Waals surface area contributed by atoms with E-state index in [9.17, 15) is 4.79 Å². The fourth-order valence-corrected chi connectivity index (χ4v) is 2.18. The molecule has 0 radical (unpaired) electrons. The standard InChI is InChI=1S/C13H18N2O2.ClH/c1-17-13(16)11-4-2-3-10(7-11)8-15-6-5-12(14)9-15;/h2-4,7,12H,5-6,8-9,14H2,1H3;1H/t12-;/m0./s1. The van der Waals surface area contributed by atoms with Crippen molar-refractivity contribution in [3.05, 3.63) is 35.4 Å². The first-order valence-corrected chi connectivity index (χ1v) is 5.84. The summed E-state index contributed by atoms with van der Waals surface area (Å²) in [5.74, 6) is -0.287. The van der Waals surface area contributed by atoms with Gasteiger partial charge in [0.2, 0.25) is 0 Å². The average Bonchev–Trinajstić information content (AvgIpc) is 2.74. The first-order valence-electron chi connectivity index (χ1n) is 5.84. The third kappa shape index (κ3) is 3.70. The highest BCUT2D eigenvalue weighted by molar-refractivity contribution is 5.89. The minimum atomic E-state index is -0.287. The molecule has 18 heavy (non-hydrogen) atoms. The molecular weight excluding hydrogens is 252 g/mol. The van der Waals surface area contributed by atoms with Crippen LogP contribution < -0.4 is 5.73 Å². The molecule has 0 bridgehead atoms. The van der Waals surface area contributed by atoms with Gasteiger partial charge in [-0.15, -0.1) is 12.4 Å². The van der Waals surface area contributed by atoms with E-state index in [4.69, 9.17) is 10.5 Å². The van der Waals surface area contributed by atoms with Crippen LogP contribution in [0.5, 0.6) is 0 Å². The largest absolute Gasteiger partial charge is 0.465 e. The van der Waals surface area contributed by atoms with Crippen molar-refractivity contribution in [1.29, 1.82) is 0 Å². The van der Waals surface area contributed by atoms with E-state index < -0.39 is 0 Å². The molecule has 1 atom stereocenters. The first kappa shape index (κ1) is 15.0. The third-order valence-electron chi connectivity index (χ3n) is 3.06. The molecule has 1 fully saturated rings. The Morgan fingerprint density at radius 3 is 2.94 bits per heavy atom. The van der Waals surface area contributed by atoms with Gasteiger partial charge in [-0.3, -0.25) is 4.90 Å². The molecule has 100 valence electrons. The van der Waals surface area contributed by atoms with Gasteiger partial charge in [0.1, 0.15) is 0 Å². The van der Waals surface area contributed by atoms with Crippen molar-refractivity contribution in [3.8, 4) is 0 Å². The lowest BCUT2D eigenvalue weighted by atomic mass is 10.1. The quantitative estimate of drug-likeness (QED) is 0.845. The second-order valence-corrected chi connectivity index (χ2v) is 4.48. The van der Waals surface area contributed by atoms with Gasteiger partial charge in [-0.2, -0.15) is 0 Å². The number of halogens is 1. The number of ether oxygens (including phenoxy) is 1. The molecule has 1 aromatic carbocycles. The number of rotatable bonds is 3. The zero-order valence-electron chi connectivity index (χ0n) is 10.5. The molecule has 0 aromatic heterocycles. The minimum absolute atomic E-state index is 0. The van der Waals surface area contributed by atoms with Crippen LogP contribution in [-0.4, -0.2) is 37.1 Å². The predicted molar refractivity (Wildman–Crippen MR) is 72.9 cm³/mol. The van der Waals surface area contributed by atoms with Gasteiger partial charge >= 0.3 is 5.97 Å². The normalized spacial score (nSPS) is 19.3. The summed E-state index contributed by atoms with van der Waals surface area (Å²) in [5.41, 5.74) is 7.59. The van der Waals surface area contributed by atoms with Crippen molar-refractivity contribution < 1.29 is 9.53 Å². The molecule has 4 nitrogen and oxygen atoms in total. The fourth-order valence-electron chi connectivity index (χ4n) is 2.18. The number of esters is 1. The van der Waals surface area contributed by atoms with Crippen LogP contribution in [0.2, 0.25) is 0 Å². The summed E-state index contributed by atoms with van der Waals surface area (Å²) in [5, 5.41) is 0. The molecule has 1 aliphatic heterocycles. The lowest BCUT2D eigenvalue weighted by molar-refractivity contribution is 0.0600. The van der Waals surface area contributed by atoms with Crippen LogP contribution in [0.1, 0.15) is 22.3 Å². The fraction of sp³-hybridized carbons (Fsp3) is 0.462. The lowest BCUT2D eigenvalue weighted by Crippen LogP contribution is -2.26. The molecule has 1 saturated heterocycles. The van der Waals surface area contributed by atoms with E-state index in [1.807, 2.05) is 18.2 Å². The molecule has 1 aromatic rings. The highest BCUT2D eigenvalue weighted by Crippen LogP contribution is 2.13. The number of hydrogen-bond acceptors (Lipinski definition) is 4. The zero-order valence-corrected chi connectivity index (χ0v) is 11.3. The summed E-state index contributed by atoms with van der Waals surface area (Å²) in [7, 11) is 1.40. The monoisotopic (exact) mass is 270 g/mol. The Morgan fingerprint density at radius 2 is 2.33 bits per heavy atom. The molecular formula is C13H19ClN2O2. The van der Waals surface area contributed by atoms with E-state index in [0.29, 0.717) is 11.6 Å². The maximum atomic E-state index is 11.4. The maximum Gasteiger partial charge on any atom is 0.337 e. The van der Waals surface area contributed by atoms with Crippen molar-refractivity contribution in [3.63, 3.8) is 0 Å². The highest BCUT2D eigenvalue weighted by atomic mass is 35.5. The predicted octanol–water partition coefficient (Wildman–Crippen LogP) is 1.43. The van der Waals surface area contributed by atoms with Crippen LogP contribution >= 0.6 is 12.4 Å². The third-order valence-corrected chi connectivity index (χ3v) is 3.06. The maximum absolute atomic E-state index is 11.4. The number of carbonyl (C=O) groups is 1. The molecule has 1 aliphatic rings. The van der Waals surface area contributed by atoms with Gasteiger partial charge in [0.25, 0.3) is 0 Å². The van der Waals surface area contributed by atoms with E-state index in [0.717, 1.165) is 31.6 Å². The van der Waals surface area contributed by atoms with E-state index >= 15 is 0 Å². The number of hydrogen-bond donors (Lipinski definition) is 1. The van der Waals surface area contributed by atoms with E-state index in [1.165, 1.54) is 7.11 Å². The van der Waals surface area contributed by atoms with Gasteiger partial charge in [0.15, 0.2) is 0 Å². The van der Waals surface area contributed by atoms with Crippen LogP contribution in [0.15, 0.2) is 24.3 Å². The number of benzene rings is 1.